The molecule has 0 saturated carbocycles. The molecule has 0 spiro atoms. The van der Waals surface area contributed by atoms with Gasteiger partial charge >= 0.3 is 0 Å². The van der Waals surface area contributed by atoms with Crippen molar-refractivity contribution in [2.24, 2.45) is 11.5 Å². The summed E-state index contributed by atoms with van der Waals surface area (Å²) in [7, 11) is 1.55. The second-order valence-electron chi connectivity index (χ2n) is 0.873. The Kier molecular flexibility index (Phi) is 13.7. The number of nitrogens with one attached hydrogen (secondary N) is 1. The molecule has 0 radical (unpaired) electrons. The summed E-state index contributed by atoms with van der Waals surface area (Å²) in [6.45, 7) is 2.07. The van der Waals surface area contributed by atoms with Gasteiger partial charge < -0.3 is 11.5 Å². The van der Waals surface area contributed by atoms with Crippen LogP contribution in [0.2, 0.25) is 0 Å². The van der Waals surface area contributed by atoms with Crippen LogP contribution >= 0.6 is 22.5 Å². The average molecular weight is 153 g/mol. The number of thiol groups is 1. The molecule has 5 heteroatoms. The van der Waals surface area contributed by atoms with E-state index < -0.39 is 0 Å². The van der Waals surface area contributed by atoms with Gasteiger partial charge in [-0.3, -0.25) is 5.41 Å². The molecule has 0 aliphatic rings. The van der Waals surface area contributed by atoms with Gasteiger partial charge in [0.05, 0.1) is 0 Å². The number of rotatable bonds is 1. The minimum Gasteiger partial charge on any atom is -0.370 e. The molecule has 5 N–H and O–H groups in total. The molecule has 0 saturated heterocycles. The van der Waals surface area contributed by atoms with Gasteiger partial charge in [0.2, 0.25) is 0 Å². The Bertz CT molecular complexity index is 50.5. The number of nitrogens with two attached hydrogens (primary N) is 2. The highest BCUT2D eigenvalue weighted by molar-refractivity contribution is 8.68. The molecule has 0 amide bonds. The third-order valence-electron chi connectivity index (χ3n) is 0.129. The predicted octanol–water partition coefficient (Wildman–Crippen LogP) is 0.423. The van der Waals surface area contributed by atoms with Crippen molar-refractivity contribution in [2.45, 2.75) is 6.92 Å². The van der Waals surface area contributed by atoms with Crippen molar-refractivity contribution in [3.8, 4) is 0 Å². The summed E-state index contributed by atoms with van der Waals surface area (Å²) in [6, 6.07) is 0. The van der Waals surface area contributed by atoms with Crippen molar-refractivity contribution in [1.82, 2.24) is 0 Å². The zero-order valence-corrected chi connectivity index (χ0v) is 6.43. The fourth-order valence-electron chi connectivity index (χ4n) is 0. The van der Waals surface area contributed by atoms with Crippen LogP contribution in [-0.4, -0.2) is 11.7 Å². The van der Waals surface area contributed by atoms with Gasteiger partial charge in [0.1, 0.15) is 0 Å². The van der Waals surface area contributed by atoms with Crippen molar-refractivity contribution in [2.75, 3.05) is 5.75 Å². The highest BCUT2D eigenvalue weighted by Gasteiger charge is 1.56. The Hall–Kier alpha value is -0.0300. The lowest BCUT2D eigenvalue weighted by molar-refractivity contribution is 1.39. The number of hydrogen-bond acceptors (Lipinski definition) is 3. The topological polar surface area (TPSA) is 75.9 Å². The van der Waals surface area contributed by atoms with E-state index in [0.29, 0.717) is 0 Å². The largest absolute Gasteiger partial charge is 0.370 e. The van der Waals surface area contributed by atoms with E-state index in [-0.39, 0.29) is 5.96 Å². The first-order valence-corrected chi connectivity index (χ1v) is 4.04. The Morgan fingerprint density at radius 3 is 1.88 bits per heavy atom. The summed E-state index contributed by atoms with van der Waals surface area (Å²) in [5, 5.41) is 6.06. The molecule has 8 heavy (non-hydrogen) atoms. The molecule has 0 aromatic rings. The minimum absolute atomic E-state index is 0.333. The summed E-state index contributed by atoms with van der Waals surface area (Å²) >= 11 is 3.84. The monoisotopic (exact) mass is 153 g/mol. The molecular weight excluding hydrogens is 142 g/mol. The van der Waals surface area contributed by atoms with Gasteiger partial charge in [-0.15, -0.1) is 11.7 Å². The standard InChI is InChI=1S/C2H6S2.CH5N3/c1-2-4-3;2-1(3)4/h3H,2H2,1H3;(H5,2,3,4). The van der Waals surface area contributed by atoms with Gasteiger partial charge in [-0.05, 0) is 0 Å². The molecule has 0 heterocycles. The van der Waals surface area contributed by atoms with Crippen LogP contribution in [0, 0.1) is 5.41 Å². The van der Waals surface area contributed by atoms with Crippen LogP contribution in [0.25, 0.3) is 0 Å². The van der Waals surface area contributed by atoms with Crippen molar-refractivity contribution < 1.29 is 0 Å². The maximum absolute atomic E-state index is 6.06. The molecule has 0 aromatic heterocycles. The average Bonchev–Trinajstić information content (AvgIpc) is 1.65. The maximum atomic E-state index is 6.06. The molecule has 0 rings (SSSR count). The van der Waals surface area contributed by atoms with E-state index in [1.165, 1.54) is 0 Å². The molecule has 0 aliphatic carbocycles. The Morgan fingerprint density at radius 2 is 1.88 bits per heavy atom. The highest BCUT2D eigenvalue weighted by atomic mass is 33.1. The van der Waals surface area contributed by atoms with Gasteiger partial charge in [0, 0.05) is 5.75 Å². The van der Waals surface area contributed by atoms with Crippen LogP contribution in [0.3, 0.4) is 0 Å². The summed E-state index contributed by atoms with van der Waals surface area (Å²) in [5.74, 6) is 0.767. The van der Waals surface area contributed by atoms with E-state index in [4.69, 9.17) is 5.41 Å². The third-order valence-corrected chi connectivity index (χ3v) is 1.16. The van der Waals surface area contributed by atoms with Gasteiger partial charge in [0.15, 0.2) is 5.96 Å². The summed E-state index contributed by atoms with van der Waals surface area (Å²) < 4.78 is 0. The Morgan fingerprint density at radius 1 is 1.75 bits per heavy atom. The zero-order valence-electron chi connectivity index (χ0n) is 4.72. The van der Waals surface area contributed by atoms with Crippen molar-refractivity contribution in [1.29, 1.82) is 5.41 Å². The molecule has 0 atom stereocenters. The van der Waals surface area contributed by atoms with E-state index in [0.717, 1.165) is 5.75 Å². The van der Waals surface area contributed by atoms with Gasteiger partial charge in [-0.2, -0.15) is 0 Å². The van der Waals surface area contributed by atoms with Crippen LogP contribution in [0.4, 0.5) is 0 Å². The van der Waals surface area contributed by atoms with Gasteiger partial charge in [-0.25, -0.2) is 0 Å². The first-order chi connectivity index (χ1) is 3.65. The molecule has 3 nitrogen and oxygen atoms in total. The molecule has 0 aliphatic heterocycles. The maximum Gasteiger partial charge on any atom is 0.183 e. The second-order valence-corrected chi connectivity index (χ2v) is 2.48. The molecule has 0 fully saturated rings. The van der Waals surface area contributed by atoms with E-state index in [2.05, 4.69) is 30.1 Å². The van der Waals surface area contributed by atoms with E-state index >= 15 is 0 Å². The number of guanidine groups is 1. The summed E-state index contributed by atoms with van der Waals surface area (Å²) in [4.78, 5) is 0. The van der Waals surface area contributed by atoms with E-state index in [9.17, 15) is 0 Å². The molecule has 0 bridgehead atoms. The molecule has 50 valence electrons. The smallest absolute Gasteiger partial charge is 0.183 e. The predicted molar refractivity (Wildman–Crippen MR) is 43.2 cm³/mol. The Labute approximate surface area is 58.5 Å². The summed E-state index contributed by atoms with van der Waals surface area (Å²) in [6.07, 6.45) is 0. The lowest BCUT2D eigenvalue weighted by atomic mass is 11.0. The molecular formula is C3H11N3S2. The Balaban J connectivity index is 0. The normalized spacial score (nSPS) is 6.75. The lowest BCUT2D eigenvalue weighted by Crippen LogP contribution is -2.20. The van der Waals surface area contributed by atoms with Crippen molar-refractivity contribution in [3.63, 3.8) is 0 Å². The molecule has 0 unspecified atom stereocenters. The van der Waals surface area contributed by atoms with Crippen LogP contribution in [-0.2, 0) is 0 Å². The third kappa shape index (κ3) is 157. The van der Waals surface area contributed by atoms with Crippen LogP contribution in [0.15, 0.2) is 0 Å². The van der Waals surface area contributed by atoms with Crippen LogP contribution in [0.1, 0.15) is 6.92 Å². The minimum atomic E-state index is -0.333. The SMILES string of the molecule is CCSS.N=C(N)N. The first-order valence-electron chi connectivity index (χ1n) is 2.01. The number of hydrogen-bond donors (Lipinski definition) is 4. The fourth-order valence-corrected chi connectivity index (χ4v) is 0. The quantitative estimate of drug-likeness (QED) is 0.191. The first kappa shape index (κ1) is 10.9. The van der Waals surface area contributed by atoms with Crippen molar-refractivity contribution in [3.05, 3.63) is 0 Å². The highest BCUT2D eigenvalue weighted by Crippen LogP contribution is 2.00. The molecule has 0 aromatic carbocycles. The van der Waals surface area contributed by atoms with Gasteiger partial charge in [0.25, 0.3) is 0 Å². The van der Waals surface area contributed by atoms with Gasteiger partial charge in [-0.1, -0.05) is 17.7 Å². The zero-order chi connectivity index (χ0) is 6.99. The van der Waals surface area contributed by atoms with Crippen LogP contribution in [0.5, 0.6) is 0 Å². The van der Waals surface area contributed by atoms with E-state index in [1.54, 1.807) is 10.8 Å². The van der Waals surface area contributed by atoms with Crippen molar-refractivity contribution >= 4 is 28.4 Å². The fraction of sp³-hybridized carbons (Fsp3) is 0.667. The van der Waals surface area contributed by atoms with E-state index in [1.807, 2.05) is 0 Å². The lowest BCUT2D eigenvalue weighted by Gasteiger charge is -1.69. The second kappa shape index (κ2) is 10.1. The van der Waals surface area contributed by atoms with Crippen LogP contribution < -0.4 is 11.5 Å². The summed E-state index contributed by atoms with van der Waals surface area (Å²) in [5.41, 5.74) is 8.94.